The first kappa shape index (κ1) is 29.7. The van der Waals surface area contributed by atoms with Crippen LogP contribution in [0.4, 0.5) is 4.79 Å². The largest absolute Gasteiger partial charge is 0.453 e. The van der Waals surface area contributed by atoms with Crippen molar-refractivity contribution in [2.45, 2.75) is 70.9 Å². The molecule has 7 heteroatoms. The SMILES string of the molecule is COC(=O)N[C@H](C(=O)N1CCC[C@H]1c1nc2ccc(-c3ccc(-c4ccc(C)c5ccccc45)c4c3CC3CCC43)cc2[nH]1)C(C)C. The molecule has 4 aromatic carbocycles. The number of H-pyrrole nitrogens is 1. The molecule has 7 nitrogen and oxygen atoms in total. The maximum absolute atomic E-state index is 13.7. The average Bonchev–Trinajstić information content (AvgIpc) is 3.78. The zero-order valence-electron chi connectivity index (χ0n) is 27.6. The van der Waals surface area contributed by atoms with E-state index in [4.69, 9.17) is 9.72 Å². The van der Waals surface area contributed by atoms with E-state index in [1.165, 1.54) is 64.1 Å². The molecule has 2 amide bonds. The van der Waals surface area contributed by atoms with Crippen LogP contribution >= 0.6 is 0 Å². The number of nitrogens with one attached hydrogen (secondary N) is 2. The first-order valence-corrected chi connectivity index (χ1v) is 17.1. The molecule has 0 radical (unpaired) electrons. The second kappa shape index (κ2) is 11.5. The fourth-order valence-electron chi connectivity index (χ4n) is 8.50. The average molecular weight is 627 g/mol. The van der Waals surface area contributed by atoms with Crippen LogP contribution in [0.15, 0.2) is 66.7 Å². The second-order valence-corrected chi connectivity index (χ2v) is 14.1. The van der Waals surface area contributed by atoms with E-state index in [2.05, 4.69) is 84.0 Å². The van der Waals surface area contributed by atoms with Crippen molar-refractivity contribution in [2.75, 3.05) is 13.7 Å². The van der Waals surface area contributed by atoms with E-state index in [-0.39, 0.29) is 17.9 Å². The number of alkyl carbamates (subject to hydrolysis) is 1. The summed E-state index contributed by atoms with van der Waals surface area (Å²) in [5.74, 6) is 2.00. The lowest BCUT2D eigenvalue weighted by molar-refractivity contribution is -0.135. The number of carbonyl (C=O) groups is 2. The Labute approximate surface area is 275 Å². The summed E-state index contributed by atoms with van der Waals surface area (Å²) < 4.78 is 4.80. The number of rotatable bonds is 6. The molecule has 0 bridgehead atoms. The van der Waals surface area contributed by atoms with Crippen molar-refractivity contribution < 1.29 is 14.3 Å². The Balaban J connectivity index is 1.15. The van der Waals surface area contributed by atoms with Gasteiger partial charge in [-0.1, -0.05) is 68.4 Å². The Morgan fingerprint density at radius 3 is 2.51 bits per heavy atom. The summed E-state index contributed by atoms with van der Waals surface area (Å²) in [6, 6.07) is 23.8. The molecule has 2 fully saturated rings. The lowest BCUT2D eigenvalue weighted by atomic mass is 9.73. The van der Waals surface area contributed by atoms with Crippen molar-refractivity contribution in [3.05, 3.63) is 89.2 Å². The zero-order valence-corrected chi connectivity index (χ0v) is 27.6. The van der Waals surface area contributed by atoms with E-state index in [0.29, 0.717) is 12.5 Å². The van der Waals surface area contributed by atoms with Crippen LogP contribution < -0.4 is 5.32 Å². The predicted octanol–water partition coefficient (Wildman–Crippen LogP) is 8.45. The maximum Gasteiger partial charge on any atom is 0.407 e. The topological polar surface area (TPSA) is 87.3 Å². The lowest BCUT2D eigenvalue weighted by Gasteiger charge is -2.32. The van der Waals surface area contributed by atoms with Crippen LogP contribution in [0.5, 0.6) is 0 Å². The van der Waals surface area contributed by atoms with E-state index < -0.39 is 12.1 Å². The molecule has 0 spiro atoms. The number of benzene rings is 4. The number of fused-ring (bicyclic) bond motifs is 5. The van der Waals surface area contributed by atoms with Crippen molar-refractivity contribution in [2.24, 2.45) is 11.8 Å². The molecule has 8 rings (SSSR count). The zero-order chi connectivity index (χ0) is 32.4. The summed E-state index contributed by atoms with van der Waals surface area (Å²) >= 11 is 0. The van der Waals surface area contributed by atoms with Gasteiger partial charge in [-0.05, 0) is 119 Å². The summed E-state index contributed by atoms with van der Waals surface area (Å²) in [6.45, 7) is 6.70. The highest BCUT2D eigenvalue weighted by molar-refractivity contribution is 6.00. The molecule has 2 unspecified atom stereocenters. The van der Waals surface area contributed by atoms with Crippen LogP contribution in [0.1, 0.15) is 74.0 Å². The standard InChI is InChI=1S/C40H42N4O3/c1-22(2)37(43-40(46)47-4)39(45)44-19-7-10-35(44)38-41-33-18-13-25(21-34(33)42-38)27-16-17-31(36-28-15-12-24(28)20-32(27)36)30-14-11-23(3)26-8-5-6-9-29(26)30/h5-6,8-9,11,13-14,16-18,21-22,24,28,35,37H,7,10,12,15,19-20H2,1-4H3,(H,41,42)(H,43,46)/t24?,28?,35-,37-/m0/s1. The van der Waals surface area contributed by atoms with Crippen LogP contribution in [0.2, 0.25) is 0 Å². The van der Waals surface area contributed by atoms with Crippen molar-refractivity contribution in [1.29, 1.82) is 0 Å². The van der Waals surface area contributed by atoms with Gasteiger partial charge >= 0.3 is 6.09 Å². The normalized spacial score (nSPS) is 20.7. The Bertz CT molecular complexity index is 2040. The third kappa shape index (κ3) is 4.90. The van der Waals surface area contributed by atoms with Gasteiger partial charge in [0.1, 0.15) is 11.9 Å². The Morgan fingerprint density at radius 1 is 0.957 bits per heavy atom. The predicted molar refractivity (Wildman–Crippen MR) is 186 cm³/mol. The number of aromatic nitrogens is 2. The van der Waals surface area contributed by atoms with Crippen molar-refractivity contribution in [1.82, 2.24) is 20.2 Å². The first-order chi connectivity index (χ1) is 22.8. The molecular weight excluding hydrogens is 584 g/mol. The number of imidazole rings is 1. The number of aryl methyl sites for hydroxylation is 1. The van der Waals surface area contributed by atoms with E-state index in [1.54, 1.807) is 5.56 Å². The second-order valence-electron chi connectivity index (χ2n) is 14.1. The molecule has 4 atom stereocenters. The summed E-state index contributed by atoms with van der Waals surface area (Å²) in [4.78, 5) is 36.1. The third-order valence-corrected chi connectivity index (χ3v) is 11.1. The van der Waals surface area contributed by atoms with Gasteiger partial charge in [0.25, 0.3) is 0 Å². The lowest BCUT2D eigenvalue weighted by Crippen LogP contribution is -2.51. The summed E-state index contributed by atoms with van der Waals surface area (Å²) in [6.07, 6.45) is 4.83. The monoisotopic (exact) mass is 626 g/mol. The van der Waals surface area contributed by atoms with Crippen LogP contribution in [0.25, 0.3) is 44.1 Å². The maximum atomic E-state index is 13.7. The van der Waals surface area contributed by atoms with E-state index >= 15 is 0 Å². The number of aromatic amines is 1. The molecule has 2 N–H and O–H groups in total. The smallest absolute Gasteiger partial charge is 0.407 e. The number of nitrogens with zero attached hydrogens (tertiary/aromatic N) is 2. The van der Waals surface area contributed by atoms with Gasteiger partial charge in [0.2, 0.25) is 5.91 Å². The summed E-state index contributed by atoms with van der Waals surface area (Å²) in [5, 5.41) is 5.40. The van der Waals surface area contributed by atoms with E-state index in [1.807, 2.05) is 18.7 Å². The molecule has 3 aliphatic rings. The Hall–Kier alpha value is -4.65. The minimum Gasteiger partial charge on any atom is -0.453 e. The van der Waals surface area contributed by atoms with Crippen molar-refractivity contribution in [3.63, 3.8) is 0 Å². The fourth-order valence-corrected chi connectivity index (χ4v) is 8.50. The van der Waals surface area contributed by atoms with E-state index in [0.717, 1.165) is 42.0 Å². The number of amides is 2. The molecule has 1 saturated carbocycles. The van der Waals surface area contributed by atoms with Crippen LogP contribution in [0, 0.1) is 18.8 Å². The minimum absolute atomic E-state index is 0.0748. The number of likely N-dealkylation sites (tertiary alicyclic amines) is 1. The fraction of sp³-hybridized carbons (Fsp3) is 0.375. The molecule has 1 saturated heterocycles. The highest BCUT2D eigenvalue weighted by Gasteiger charge is 2.42. The van der Waals surface area contributed by atoms with Crippen LogP contribution in [-0.4, -0.2) is 46.6 Å². The van der Waals surface area contributed by atoms with Gasteiger partial charge in [-0.2, -0.15) is 0 Å². The number of methoxy groups -OCH3 is 1. The highest BCUT2D eigenvalue weighted by Crippen LogP contribution is 2.56. The quantitative estimate of drug-likeness (QED) is 0.198. The molecule has 1 aromatic heterocycles. The van der Waals surface area contributed by atoms with Gasteiger partial charge in [-0.15, -0.1) is 0 Å². The molecule has 240 valence electrons. The molecule has 2 heterocycles. The molecule has 1 aliphatic heterocycles. The van der Waals surface area contributed by atoms with Gasteiger partial charge in [-0.3, -0.25) is 4.79 Å². The Kier molecular flexibility index (Phi) is 7.31. The number of hydrogen-bond donors (Lipinski definition) is 2. The van der Waals surface area contributed by atoms with Crippen molar-refractivity contribution >= 4 is 33.8 Å². The van der Waals surface area contributed by atoms with Gasteiger partial charge in [0, 0.05) is 6.54 Å². The minimum atomic E-state index is -0.655. The third-order valence-electron chi connectivity index (χ3n) is 11.1. The van der Waals surface area contributed by atoms with Gasteiger partial charge in [0.05, 0.1) is 24.2 Å². The highest BCUT2D eigenvalue weighted by atomic mass is 16.5. The van der Waals surface area contributed by atoms with Crippen LogP contribution in [0.3, 0.4) is 0 Å². The molecule has 5 aromatic rings. The first-order valence-electron chi connectivity index (χ1n) is 17.1. The molecule has 2 aliphatic carbocycles. The summed E-state index contributed by atoms with van der Waals surface area (Å²) in [7, 11) is 1.32. The molecular formula is C40H42N4O3. The Morgan fingerprint density at radius 2 is 1.74 bits per heavy atom. The van der Waals surface area contributed by atoms with Gasteiger partial charge < -0.3 is 19.9 Å². The van der Waals surface area contributed by atoms with Crippen LogP contribution in [-0.2, 0) is 16.0 Å². The van der Waals surface area contributed by atoms with Gasteiger partial charge in [0.15, 0.2) is 0 Å². The molecule has 47 heavy (non-hydrogen) atoms. The number of carbonyl (C=O) groups excluding carboxylic acids is 2. The van der Waals surface area contributed by atoms with Gasteiger partial charge in [-0.25, -0.2) is 9.78 Å². The number of hydrogen-bond acceptors (Lipinski definition) is 4. The van der Waals surface area contributed by atoms with Crippen molar-refractivity contribution in [3.8, 4) is 22.3 Å². The summed E-state index contributed by atoms with van der Waals surface area (Å²) in [5.41, 5.74) is 11.5. The number of ether oxygens (including phenoxy) is 1. The van der Waals surface area contributed by atoms with E-state index in [9.17, 15) is 9.59 Å².